The first kappa shape index (κ1) is 57.6. The van der Waals surface area contributed by atoms with Crippen LogP contribution in [0.3, 0.4) is 0 Å². The normalized spacial score (nSPS) is 12.0. The molecule has 0 amide bonds. The van der Waals surface area contributed by atoms with E-state index in [1.54, 1.807) is 0 Å². The van der Waals surface area contributed by atoms with Crippen molar-refractivity contribution in [2.24, 2.45) is 20.5 Å². The second-order valence-electron chi connectivity index (χ2n) is 12.2. The van der Waals surface area contributed by atoms with Gasteiger partial charge in [0, 0.05) is 21.5 Å². The molecule has 0 atom stereocenters. The molecule has 6 rings (SSSR count). The van der Waals surface area contributed by atoms with E-state index in [9.17, 15) is 62.1 Å². The fourth-order valence-corrected chi connectivity index (χ4v) is 9.52. The molecule has 0 aromatic heterocycles. The Morgan fingerprint density at radius 2 is 0.797 bits per heavy atom. The van der Waals surface area contributed by atoms with Crippen LogP contribution in [0.1, 0.15) is 0 Å². The van der Waals surface area contributed by atoms with Crippen LogP contribution in [0.5, 0.6) is 23.0 Å². The van der Waals surface area contributed by atoms with Crippen molar-refractivity contribution in [2.75, 3.05) is 25.7 Å². The molecule has 0 saturated heterocycles. The van der Waals surface area contributed by atoms with Crippen LogP contribution in [0, 0.1) is 0 Å². The van der Waals surface area contributed by atoms with Gasteiger partial charge >= 0.3 is 118 Å². The first-order valence-corrected chi connectivity index (χ1v) is 21.7. The minimum Gasteiger partial charge on any atom is -0.744 e. The monoisotopic (exact) mass is 992 g/mol. The second kappa shape index (κ2) is 21.6. The smallest absolute Gasteiger partial charge is 0.744 e. The number of nitrogen functional groups attached to an aromatic ring is 2. The molecule has 22 nitrogen and oxygen atoms in total. The number of methoxy groups -OCH3 is 2. The van der Waals surface area contributed by atoms with Gasteiger partial charge in [0.05, 0.1) is 35.4 Å². The van der Waals surface area contributed by atoms with Crippen molar-refractivity contribution in [3.8, 4) is 34.1 Å². The van der Waals surface area contributed by atoms with E-state index in [0.29, 0.717) is 11.1 Å². The van der Waals surface area contributed by atoms with Crippen molar-refractivity contribution < 1.29 is 190 Å². The van der Waals surface area contributed by atoms with Crippen LogP contribution in [0.15, 0.2) is 113 Å². The van der Waals surface area contributed by atoms with E-state index in [0.717, 1.165) is 36.4 Å². The number of phenols is 2. The molecular weight excluding hydrogens is 969 g/mol. The van der Waals surface area contributed by atoms with Gasteiger partial charge in [-0.15, -0.1) is 20.5 Å². The predicted molar refractivity (Wildman–Crippen MR) is 205 cm³/mol. The third-order valence-corrected chi connectivity index (χ3v) is 12.3. The van der Waals surface area contributed by atoms with Crippen molar-refractivity contribution >= 4 is 96.1 Å². The predicted octanol–water partition coefficient (Wildman–Crippen LogP) is -7.28. The standard InChI is InChI=1S/C34H28N6O16S4.4Na/c1-55-23-13-15(9-11-19(23)37-39-29-31(57(43,44)45)17-5-3-7-21(41)25(17)27(35)33(29)59(49,50)51)16-10-12-20(24(14-16)56-2)38-40-30-32(58(46,47)48)18-6-4-8-22(42)26(18)28(36)34(30)60(52,53)54;;;;/h3-14,41-42H,35-36H2,1-2H3,(H,43,44,45)(H,46,47,48)(H,49,50,51)(H,52,53,54);;;;/q;4*+1/p-4/b39-37+,40-38+;;;;. The van der Waals surface area contributed by atoms with Crippen molar-refractivity contribution in [3.63, 3.8) is 0 Å². The van der Waals surface area contributed by atoms with Crippen LogP contribution in [-0.4, -0.2) is 76.3 Å². The van der Waals surface area contributed by atoms with Crippen molar-refractivity contribution in [3.05, 3.63) is 72.8 Å². The molecule has 30 heteroatoms. The number of rotatable bonds is 11. The van der Waals surface area contributed by atoms with Crippen LogP contribution in [0.25, 0.3) is 32.7 Å². The molecule has 0 fully saturated rings. The number of benzene rings is 6. The van der Waals surface area contributed by atoms with Crippen LogP contribution < -0.4 is 139 Å². The summed E-state index contributed by atoms with van der Waals surface area (Å²) < 4.78 is 160. The third kappa shape index (κ3) is 11.4. The Balaban J connectivity index is 0.00000352. The van der Waals surface area contributed by atoms with Crippen LogP contribution in [-0.2, 0) is 40.5 Å². The van der Waals surface area contributed by atoms with Gasteiger partial charge in [0.1, 0.15) is 96.0 Å². The summed E-state index contributed by atoms with van der Waals surface area (Å²) in [6.45, 7) is 0. The van der Waals surface area contributed by atoms with E-state index >= 15 is 0 Å². The summed E-state index contributed by atoms with van der Waals surface area (Å²) in [5.41, 5.74) is 7.87. The number of fused-ring (bicyclic) bond motifs is 2. The molecule has 0 saturated carbocycles. The molecule has 314 valence electrons. The van der Waals surface area contributed by atoms with Gasteiger partial charge < -0.3 is 49.4 Å². The number of azo groups is 2. The molecule has 6 aromatic rings. The summed E-state index contributed by atoms with van der Waals surface area (Å²) >= 11 is 0. The van der Waals surface area contributed by atoms with Gasteiger partial charge in [-0.1, -0.05) is 36.4 Å². The molecule has 0 bridgehead atoms. The first-order chi connectivity index (χ1) is 27.9. The molecule has 64 heavy (non-hydrogen) atoms. The molecule has 0 aliphatic heterocycles. The third-order valence-electron chi connectivity index (χ3n) is 8.67. The van der Waals surface area contributed by atoms with E-state index in [1.807, 2.05) is 0 Å². The Labute approximate surface area is 452 Å². The summed E-state index contributed by atoms with van der Waals surface area (Å²) in [6, 6.07) is 14.4. The molecule has 0 aliphatic rings. The SMILES string of the molecule is COc1cc(-c2ccc(/N=N/c3c(S(=O)(=O)[O-])c(N)c4c(O)cccc4c3S(=O)(=O)[O-])c(OC)c2)ccc1/N=N/c1c(S(=O)(=O)[O-])c(N)c2c(O)cccc2c1S(=O)(=O)[O-].[Na+].[Na+].[Na+].[Na+]. The number of phenolic OH excluding ortho intramolecular Hbond substituents is 2. The number of hydrogen-bond donors (Lipinski definition) is 4. The molecule has 6 N–H and O–H groups in total. The van der Waals surface area contributed by atoms with E-state index in [-0.39, 0.29) is 141 Å². The van der Waals surface area contributed by atoms with Gasteiger partial charge in [-0.05, 0) is 47.5 Å². The maximum Gasteiger partial charge on any atom is 1.00 e. The van der Waals surface area contributed by atoms with Gasteiger partial charge in [0.25, 0.3) is 0 Å². The number of aromatic hydroxyl groups is 2. The summed E-state index contributed by atoms with van der Waals surface area (Å²) in [4.78, 5) is -5.48. The zero-order valence-electron chi connectivity index (χ0n) is 34.1. The molecule has 0 spiro atoms. The maximum atomic E-state index is 12.5. The van der Waals surface area contributed by atoms with Gasteiger partial charge in [-0.3, -0.25) is 0 Å². The van der Waals surface area contributed by atoms with Crippen LogP contribution in [0.2, 0.25) is 0 Å². The fourth-order valence-electron chi connectivity index (χ4n) is 6.25. The second-order valence-corrected chi connectivity index (χ2v) is 17.5. The quantitative estimate of drug-likeness (QED) is 0.0405. The summed E-state index contributed by atoms with van der Waals surface area (Å²) in [5.74, 6) is -1.67. The Morgan fingerprint density at radius 1 is 0.484 bits per heavy atom. The minimum atomic E-state index is -5.67. The average molecular weight is 993 g/mol. The molecule has 6 aromatic carbocycles. The largest absolute Gasteiger partial charge is 1.00 e. The molecule has 0 radical (unpaired) electrons. The summed E-state index contributed by atoms with van der Waals surface area (Å²) in [6.07, 6.45) is 0. The number of nitrogens with zero attached hydrogens (tertiary/aromatic N) is 4. The topological polar surface area (TPSA) is 389 Å². The number of anilines is 2. The average Bonchev–Trinajstić information content (AvgIpc) is 3.13. The van der Waals surface area contributed by atoms with E-state index < -0.39 is 116 Å². The number of nitrogens with two attached hydrogens (primary N) is 2. The number of ether oxygens (including phenoxy) is 2. The molecular formula is C34H24N6Na4O16S4. The van der Waals surface area contributed by atoms with E-state index in [1.165, 1.54) is 50.6 Å². The Morgan fingerprint density at radius 3 is 1.08 bits per heavy atom. The molecule has 0 aliphatic carbocycles. The van der Waals surface area contributed by atoms with Gasteiger partial charge in [-0.25, -0.2) is 33.7 Å². The Hall–Kier alpha value is -2.52. The first-order valence-electron chi connectivity index (χ1n) is 16.1. The number of hydrogen-bond acceptors (Lipinski definition) is 22. The van der Waals surface area contributed by atoms with E-state index in [2.05, 4.69) is 20.5 Å². The van der Waals surface area contributed by atoms with E-state index in [4.69, 9.17) is 20.9 Å². The maximum absolute atomic E-state index is 12.5. The van der Waals surface area contributed by atoms with Gasteiger partial charge in [0.2, 0.25) is 0 Å². The van der Waals surface area contributed by atoms with Crippen LogP contribution >= 0.6 is 0 Å². The van der Waals surface area contributed by atoms with Crippen molar-refractivity contribution in [1.82, 2.24) is 0 Å². The minimum absolute atomic E-state index is 0. The van der Waals surface area contributed by atoms with Gasteiger partial charge in [-0.2, -0.15) is 0 Å². The van der Waals surface area contributed by atoms with Crippen LogP contribution in [0.4, 0.5) is 34.1 Å². The summed E-state index contributed by atoms with van der Waals surface area (Å²) in [7, 11) is -20.2. The van der Waals surface area contributed by atoms with Crippen molar-refractivity contribution in [2.45, 2.75) is 19.6 Å². The Bertz CT molecular complexity index is 3140. The van der Waals surface area contributed by atoms with Gasteiger partial charge in [0.15, 0.2) is 0 Å². The molecule has 0 heterocycles. The zero-order chi connectivity index (χ0) is 44.3. The summed E-state index contributed by atoms with van der Waals surface area (Å²) in [5, 5.41) is 33.4. The zero-order valence-corrected chi connectivity index (χ0v) is 45.4. The van der Waals surface area contributed by atoms with Crippen molar-refractivity contribution in [1.29, 1.82) is 0 Å². The Kier molecular flexibility index (Phi) is 19.5. The fraction of sp³-hybridized carbons (Fsp3) is 0.0588. The molecule has 0 unspecified atom stereocenters.